The summed E-state index contributed by atoms with van der Waals surface area (Å²) in [4.78, 5) is 37.8. The third-order valence-corrected chi connectivity index (χ3v) is 12.1. The van der Waals surface area contributed by atoms with Gasteiger partial charge in [-0.15, -0.1) is 0 Å². The number of rotatable bonds is 6. The maximum Gasteiger partial charge on any atom is 0.286 e. The molecule has 1 fully saturated rings. The minimum atomic E-state index is -2.33. The van der Waals surface area contributed by atoms with Crippen molar-refractivity contribution in [2.24, 2.45) is 0 Å². The number of hydrogen-bond donors (Lipinski definition) is 1. The molecule has 1 saturated heterocycles. The van der Waals surface area contributed by atoms with E-state index in [1.54, 1.807) is 0 Å². The number of nitro groups is 1. The molecule has 1 aliphatic heterocycles. The second kappa shape index (κ2) is 8.35. The Morgan fingerprint density at radius 3 is 2.27 bits per heavy atom. The minimum absolute atomic E-state index is 0.0283. The molecule has 2 atom stereocenters. The summed E-state index contributed by atoms with van der Waals surface area (Å²) < 4.78 is 10.3. The van der Waals surface area contributed by atoms with Gasteiger partial charge >= 0.3 is 0 Å². The Balaban J connectivity index is 2.53. The predicted octanol–water partition coefficient (Wildman–Crippen LogP) is 2.80. The van der Waals surface area contributed by atoms with Crippen LogP contribution in [0.25, 0.3) is 0 Å². The van der Waals surface area contributed by atoms with Gasteiger partial charge in [0, 0.05) is 12.5 Å². The molecule has 1 aromatic carbocycles. The number of aliphatic hydroxyl groups excluding tert-OH is 1. The fraction of sp³-hybridized carbons (Fsp3) is 0.600. The highest BCUT2D eigenvalue weighted by molar-refractivity contribution is 6.81. The molecule has 0 radical (unpaired) electrons. The summed E-state index contributed by atoms with van der Waals surface area (Å²) in [6.07, 6.45) is 0.0283. The van der Waals surface area contributed by atoms with Crippen LogP contribution in [-0.2, 0) is 4.79 Å². The molecule has 0 aliphatic carbocycles. The molecule has 0 saturated carbocycles. The summed E-state index contributed by atoms with van der Waals surface area (Å²) >= 11 is 0. The predicted molar refractivity (Wildman–Crippen MR) is 114 cm³/mol. The molecular weight excluding hydrogens is 408 g/mol. The monoisotopic (exact) mass is 438 g/mol. The Bertz CT molecular complexity index is 863. The van der Waals surface area contributed by atoms with E-state index >= 15 is 0 Å². The van der Waals surface area contributed by atoms with E-state index in [1.165, 1.54) is 25.2 Å². The first-order chi connectivity index (χ1) is 13.8. The number of hydrogen-bond acceptors (Lipinski definition) is 7. The fourth-order valence-electron chi connectivity index (χ4n) is 3.49. The SMILES string of the molecule is COc1cc(C(=O)N2CC(=O)C[C@H]2C(O)[Si](C)(C)C(C)(C)C)c([N+](=O)[O-])cc1OC. The van der Waals surface area contributed by atoms with Crippen LogP contribution in [0.4, 0.5) is 5.69 Å². The number of benzene rings is 1. The van der Waals surface area contributed by atoms with E-state index in [4.69, 9.17) is 9.47 Å². The molecule has 30 heavy (non-hydrogen) atoms. The number of ether oxygens (including phenoxy) is 2. The van der Waals surface area contributed by atoms with Crippen LogP contribution < -0.4 is 9.47 Å². The largest absolute Gasteiger partial charge is 0.493 e. The highest BCUT2D eigenvalue weighted by Crippen LogP contribution is 2.42. The van der Waals surface area contributed by atoms with Crippen molar-refractivity contribution in [1.29, 1.82) is 0 Å². The molecule has 1 aliphatic rings. The summed E-state index contributed by atoms with van der Waals surface area (Å²) in [7, 11) is 0.375. The zero-order valence-corrected chi connectivity index (χ0v) is 19.5. The summed E-state index contributed by atoms with van der Waals surface area (Å²) in [5.41, 5.74) is -1.52. The quantitative estimate of drug-likeness (QED) is 0.412. The maximum absolute atomic E-state index is 13.4. The first-order valence-electron chi connectivity index (χ1n) is 9.67. The van der Waals surface area contributed by atoms with Crippen LogP contribution in [0.3, 0.4) is 0 Å². The number of likely N-dealkylation sites (tertiary alicyclic amines) is 1. The van der Waals surface area contributed by atoms with Crippen LogP contribution in [0.15, 0.2) is 12.1 Å². The summed E-state index contributed by atoms with van der Waals surface area (Å²) in [5.74, 6) is -0.583. The van der Waals surface area contributed by atoms with Gasteiger partial charge in [-0.3, -0.25) is 19.7 Å². The number of nitrogens with zero attached hydrogens (tertiary/aromatic N) is 2. The summed E-state index contributed by atoms with van der Waals surface area (Å²) in [6, 6.07) is 1.65. The Kier molecular flexibility index (Phi) is 6.62. The Morgan fingerprint density at radius 1 is 1.27 bits per heavy atom. The van der Waals surface area contributed by atoms with Gasteiger partial charge in [0.1, 0.15) is 5.56 Å². The number of Topliss-reactive ketones (excluding diaryl/α,β-unsaturated/α-hetero) is 1. The van der Waals surface area contributed by atoms with Crippen LogP contribution in [0.1, 0.15) is 37.6 Å². The van der Waals surface area contributed by atoms with E-state index in [9.17, 15) is 24.8 Å². The molecular formula is C20H30N2O7Si. The van der Waals surface area contributed by atoms with Gasteiger partial charge in [0.15, 0.2) is 17.3 Å². The highest BCUT2D eigenvalue weighted by atomic mass is 28.3. The zero-order valence-electron chi connectivity index (χ0n) is 18.5. The van der Waals surface area contributed by atoms with Crippen molar-refractivity contribution in [2.75, 3.05) is 20.8 Å². The maximum atomic E-state index is 13.4. The van der Waals surface area contributed by atoms with Crippen molar-refractivity contribution < 1.29 is 29.1 Å². The van der Waals surface area contributed by atoms with Gasteiger partial charge in [0.25, 0.3) is 11.6 Å². The highest BCUT2D eigenvalue weighted by Gasteiger charge is 2.50. The van der Waals surface area contributed by atoms with Gasteiger partial charge in [-0.1, -0.05) is 33.9 Å². The van der Waals surface area contributed by atoms with E-state index in [2.05, 4.69) is 0 Å². The second-order valence-corrected chi connectivity index (χ2v) is 14.7. The Labute approximate surface area is 177 Å². The standard InChI is InChI=1S/C20H30N2O7Si/c1-20(2,3)30(6,7)19(25)15-8-12(23)11-21(15)18(24)13-9-16(28-4)17(29-5)10-14(13)22(26)27/h9-10,15,19,25H,8,11H2,1-7H3/t15-,19?/m0/s1. The van der Waals surface area contributed by atoms with Crippen molar-refractivity contribution in [3.63, 3.8) is 0 Å². The lowest BCUT2D eigenvalue weighted by Gasteiger charge is -2.44. The van der Waals surface area contributed by atoms with Gasteiger partial charge in [-0.2, -0.15) is 0 Å². The van der Waals surface area contributed by atoms with Crippen LogP contribution in [0.2, 0.25) is 18.1 Å². The molecule has 0 aromatic heterocycles. The van der Waals surface area contributed by atoms with Crippen LogP contribution >= 0.6 is 0 Å². The van der Waals surface area contributed by atoms with Crippen molar-refractivity contribution in [1.82, 2.24) is 4.90 Å². The molecule has 166 valence electrons. The van der Waals surface area contributed by atoms with Gasteiger partial charge < -0.3 is 19.5 Å². The number of methoxy groups -OCH3 is 2. The van der Waals surface area contributed by atoms with Crippen molar-refractivity contribution in [3.8, 4) is 11.5 Å². The van der Waals surface area contributed by atoms with Crippen molar-refractivity contribution in [2.45, 2.75) is 57.1 Å². The molecule has 1 N–H and O–H groups in total. The number of aliphatic hydroxyl groups is 1. The third-order valence-electron chi connectivity index (χ3n) is 6.41. The van der Waals surface area contributed by atoms with Crippen LogP contribution in [0.5, 0.6) is 11.5 Å². The molecule has 10 heteroatoms. The van der Waals surface area contributed by atoms with Crippen molar-refractivity contribution in [3.05, 3.63) is 27.8 Å². The lowest BCUT2D eigenvalue weighted by atomic mass is 10.1. The number of amides is 1. The van der Waals surface area contributed by atoms with Crippen LogP contribution in [0, 0.1) is 10.1 Å². The van der Waals surface area contributed by atoms with Crippen LogP contribution in [-0.4, -0.2) is 67.2 Å². The van der Waals surface area contributed by atoms with E-state index < -0.39 is 36.4 Å². The van der Waals surface area contributed by atoms with E-state index in [-0.39, 0.29) is 40.8 Å². The first-order valence-corrected chi connectivity index (χ1v) is 12.7. The minimum Gasteiger partial charge on any atom is -0.493 e. The molecule has 2 rings (SSSR count). The second-order valence-electron chi connectivity index (χ2n) is 9.14. The number of nitro benzene ring substituents is 1. The number of carbonyl (C=O) groups excluding carboxylic acids is 2. The van der Waals surface area contributed by atoms with E-state index in [1.807, 2.05) is 33.9 Å². The van der Waals surface area contributed by atoms with Gasteiger partial charge in [-0.25, -0.2) is 0 Å². The van der Waals surface area contributed by atoms with E-state index in [0.717, 1.165) is 6.07 Å². The first kappa shape index (κ1) is 23.8. The average molecular weight is 439 g/mol. The molecule has 1 aromatic rings. The zero-order chi connectivity index (χ0) is 23.0. The molecule has 0 spiro atoms. The summed E-state index contributed by atoms with van der Waals surface area (Å²) in [5, 5.41) is 22.6. The fourth-order valence-corrected chi connectivity index (χ4v) is 5.64. The Morgan fingerprint density at radius 2 is 1.80 bits per heavy atom. The molecule has 9 nitrogen and oxygen atoms in total. The molecule has 1 heterocycles. The summed E-state index contributed by atoms with van der Waals surface area (Å²) in [6.45, 7) is 9.93. The normalized spacial score (nSPS) is 18.3. The lowest BCUT2D eigenvalue weighted by molar-refractivity contribution is -0.385. The van der Waals surface area contributed by atoms with Gasteiger partial charge in [0.05, 0.1) is 51.6 Å². The molecule has 0 bridgehead atoms. The topological polar surface area (TPSA) is 119 Å². The van der Waals surface area contributed by atoms with Gasteiger partial charge in [0.2, 0.25) is 0 Å². The third kappa shape index (κ3) is 4.20. The average Bonchev–Trinajstić information content (AvgIpc) is 3.05. The number of ketones is 1. The van der Waals surface area contributed by atoms with Crippen molar-refractivity contribution >= 4 is 25.5 Å². The smallest absolute Gasteiger partial charge is 0.286 e. The molecule has 1 amide bonds. The molecule has 1 unspecified atom stereocenters. The number of carbonyl (C=O) groups is 2. The van der Waals surface area contributed by atoms with E-state index in [0.29, 0.717) is 0 Å². The lowest BCUT2D eigenvalue weighted by Crippen LogP contribution is -2.58. The van der Waals surface area contributed by atoms with Gasteiger partial charge in [-0.05, 0) is 5.04 Å². The Hall–Kier alpha value is -2.46.